The number of carbonyl (C=O) groups excluding carboxylic acids is 1. The van der Waals surface area contributed by atoms with Crippen LogP contribution in [0.15, 0.2) is 87.7 Å². The lowest BCUT2D eigenvalue weighted by molar-refractivity contribution is -0.139. The van der Waals surface area contributed by atoms with Crippen LogP contribution in [0.1, 0.15) is 15.9 Å². The van der Waals surface area contributed by atoms with Gasteiger partial charge in [0.1, 0.15) is 23.2 Å². The summed E-state index contributed by atoms with van der Waals surface area (Å²) in [5.41, 5.74) is -2.20. The van der Waals surface area contributed by atoms with E-state index in [-0.39, 0.29) is 17.0 Å². The van der Waals surface area contributed by atoms with Crippen molar-refractivity contribution in [2.75, 3.05) is 4.72 Å². The number of anilines is 1. The van der Waals surface area contributed by atoms with Crippen LogP contribution in [-0.4, -0.2) is 45.6 Å². The molecule has 4 rings (SSSR count). The molecule has 0 saturated heterocycles. The van der Waals surface area contributed by atoms with Crippen molar-refractivity contribution < 1.29 is 31.9 Å². The van der Waals surface area contributed by atoms with Gasteiger partial charge in [0, 0.05) is 38.1 Å². The fraction of sp³-hybridized carbons (Fsp3) is 0.115. The van der Waals surface area contributed by atoms with Gasteiger partial charge in [0.05, 0.1) is 16.3 Å². The molecule has 0 aliphatic carbocycles. The Morgan fingerprint density at radius 1 is 1.00 bits per heavy atom. The Morgan fingerprint density at radius 3 is 2.20 bits per heavy atom. The Hall–Kier alpha value is -5.18. The van der Waals surface area contributed by atoms with Gasteiger partial charge in [-0.2, -0.15) is 0 Å². The molecule has 0 fully saturated rings. The van der Waals surface area contributed by atoms with Crippen LogP contribution in [0, 0.1) is 11.6 Å². The van der Waals surface area contributed by atoms with E-state index in [4.69, 9.17) is 0 Å². The monoisotopic (exact) mass is 585 g/mol. The molecule has 2 heterocycles. The summed E-state index contributed by atoms with van der Waals surface area (Å²) in [6.07, 6.45) is 3.43. The molecule has 0 aliphatic rings. The molecule has 1 amide bonds. The summed E-state index contributed by atoms with van der Waals surface area (Å²) in [4.78, 5) is 52.4. The van der Waals surface area contributed by atoms with Crippen LogP contribution in [-0.2, 0) is 28.3 Å². The number of hydrogen-bond donors (Lipinski definition) is 3. The van der Waals surface area contributed by atoms with E-state index in [1.165, 1.54) is 72.7 Å². The zero-order valence-corrected chi connectivity index (χ0v) is 21.9. The number of carboxylic acid groups (broad SMARTS) is 1. The molecule has 12 nitrogen and oxygen atoms in total. The Bertz CT molecular complexity index is 1840. The molecule has 0 unspecified atom stereocenters. The highest BCUT2D eigenvalue weighted by molar-refractivity contribution is 7.92. The van der Waals surface area contributed by atoms with E-state index in [1.807, 2.05) is 4.72 Å². The summed E-state index contributed by atoms with van der Waals surface area (Å²) in [7, 11) is -2.75. The number of hydrogen-bond acceptors (Lipinski definition) is 7. The molecule has 0 saturated carbocycles. The van der Waals surface area contributed by atoms with Gasteiger partial charge < -0.3 is 15.0 Å². The number of carbonyl (C=O) groups is 2. The number of amides is 1. The molecular weight excluding hydrogens is 564 g/mol. The van der Waals surface area contributed by atoms with Gasteiger partial charge in [-0.05, 0) is 42.0 Å². The minimum absolute atomic E-state index is 0.217. The third-order valence-electron chi connectivity index (χ3n) is 5.87. The second kappa shape index (κ2) is 11.5. The first-order chi connectivity index (χ1) is 19.4. The van der Waals surface area contributed by atoms with E-state index in [0.29, 0.717) is 17.7 Å². The van der Waals surface area contributed by atoms with Crippen LogP contribution in [0.4, 0.5) is 14.5 Å². The van der Waals surface area contributed by atoms with Gasteiger partial charge in [-0.1, -0.05) is 12.1 Å². The lowest BCUT2D eigenvalue weighted by Gasteiger charge is -2.16. The lowest BCUT2D eigenvalue weighted by Crippen LogP contribution is -2.43. The van der Waals surface area contributed by atoms with Crippen molar-refractivity contribution in [2.24, 2.45) is 7.05 Å². The van der Waals surface area contributed by atoms with Crippen molar-refractivity contribution in [2.45, 2.75) is 17.4 Å². The van der Waals surface area contributed by atoms with E-state index in [0.717, 1.165) is 4.57 Å². The summed E-state index contributed by atoms with van der Waals surface area (Å²) in [5.74, 6) is -5.75. The number of rotatable bonds is 9. The number of aliphatic carboxylic acids is 1. The lowest BCUT2D eigenvalue weighted by atomic mass is 10.0. The zero-order chi connectivity index (χ0) is 29.9. The molecule has 2 aromatic carbocycles. The van der Waals surface area contributed by atoms with Gasteiger partial charge in [-0.15, -0.1) is 0 Å². The molecule has 0 aliphatic heterocycles. The number of carboxylic acids is 1. The van der Waals surface area contributed by atoms with Gasteiger partial charge in [-0.3, -0.25) is 19.3 Å². The van der Waals surface area contributed by atoms with E-state index < -0.39 is 62.1 Å². The molecule has 3 N–H and O–H groups in total. The van der Waals surface area contributed by atoms with E-state index in [9.17, 15) is 41.5 Å². The van der Waals surface area contributed by atoms with Crippen molar-refractivity contribution in [1.82, 2.24) is 19.4 Å². The average molecular weight is 586 g/mol. The normalized spacial score (nSPS) is 12.0. The second-order valence-corrected chi connectivity index (χ2v) is 10.4. The van der Waals surface area contributed by atoms with Crippen molar-refractivity contribution >= 4 is 27.6 Å². The molecule has 212 valence electrons. The molecule has 4 aromatic rings. The molecule has 0 bridgehead atoms. The van der Waals surface area contributed by atoms with E-state index >= 15 is 0 Å². The molecule has 0 spiro atoms. The zero-order valence-electron chi connectivity index (χ0n) is 21.1. The Balaban J connectivity index is 1.51. The summed E-state index contributed by atoms with van der Waals surface area (Å²) >= 11 is 0. The van der Waals surface area contributed by atoms with Gasteiger partial charge in [0.25, 0.3) is 21.5 Å². The van der Waals surface area contributed by atoms with Crippen molar-refractivity contribution in [3.8, 4) is 5.69 Å². The van der Waals surface area contributed by atoms with Gasteiger partial charge in [0.15, 0.2) is 0 Å². The molecule has 15 heteroatoms. The first kappa shape index (κ1) is 28.8. The maximum Gasteiger partial charge on any atom is 0.335 e. The Labute approximate surface area is 230 Å². The maximum absolute atomic E-state index is 14.8. The predicted octanol–water partition coefficient (Wildman–Crippen LogP) is 1.44. The van der Waals surface area contributed by atoms with E-state index in [2.05, 4.69) is 10.3 Å². The van der Waals surface area contributed by atoms with E-state index in [1.54, 1.807) is 0 Å². The first-order valence-corrected chi connectivity index (χ1v) is 13.2. The van der Waals surface area contributed by atoms with Crippen LogP contribution in [0.2, 0.25) is 0 Å². The predicted molar refractivity (Wildman–Crippen MR) is 141 cm³/mol. The number of aromatic nitrogens is 3. The number of aryl methyl sites for hydroxylation is 1. The van der Waals surface area contributed by atoms with Crippen LogP contribution in [0.5, 0.6) is 0 Å². The Kier molecular flexibility index (Phi) is 8.09. The Morgan fingerprint density at radius 2 is 1.61 bits per heavy atom. The van der Waals surface area contributed by atoms with Crippen LogP contribution >= 0.6 is 0 Å². The van der Waals surface area contributed by atoms with Crippen LogP contribution in [0.3, 0.4) is 0 Å². The molecular formula is C26H21F2N5O7S. The largest absolute Gasteiger partial charge is 0.480 e. The number of nitrogens with one attached hydrogen (secondary N) is 2. The standard InChI is InChI=1S/C26H21F2N5O7S/c1-32-11-8-22(34)33(26(32)38)17-4-2-15(3-5-17)12-21(25(36)37)30-24(35)23-19(27)13-16(14-20(23)28)31-41(39,40)18-6-9-29-10-7-18/h2-11,13-14,21,31H,12H2,1H3,(H,30,35)(H,36,37)/t21-/m0/s1. The van der Waals surface area contributed by atoms with Gasteiger partial charge >= 0.3 is 11.7 Å². The average Bonchev–Trinajstić information content (AvgIpc) is 2.91. The fourth-order valence-electron chi connectivity index (χ4n) is 3.83. The van der Waals surface area contributed by atoms with Crippen LogP contribution in [0.25, 0.3) is 5.69 Å². The minimum atomic E-state index is -4.21. The highest BCUT2D eigenvalue weighted by Gasteiger charge is 2.26. The first-order valence-electron chi connectivity index (χ1n) is 11.7. The summed E-state index contributed by atoms with van der Waals surface area (Å²) in [5, 5.41) is 11.7. The third-order valence-corrected chi connectivity index (χ3v) is 7.27. The molecule has 1 atom stereocenters. The maximum atomic E-state index is 14.8. The van der Waals surface area contributed by atoms with Crippen molar-refractivity contribution in [3.05, 3.63) is 117 Å². The topological polar surface area (TPSA) is 169 Å². The summed E-state index contributed by atoms with van der Waals surface area (Å²) in [6.45, 7) is 0. The molecule has 2 aromatic heterocycles. The number of benzene rings is 2. The summed E-state index contributed by atoms with van der Waals surface area (Å²) in [6, 6.07) is 8.76. The number of nitrogens with zero attached hydrogens (tertiary/aromatic N) is 3. The second-order valence-electron chi connectivity index (χ2n) is 8.72. The quantitative estimate of drug-likeness (QED) is 0.265. The molecule has 0 radical (unpaired) electrons. The van der Waals surface area contributed by atoms with Crippen molar-refractivity contribution in [3.63, 3.8) is 0 Å². The fourth-order valence-corrected chi connectivity index (χ4v) is 4.86. The molecule has 41 heavy (non-hydrogen) atoms. The minimum Gasteiger partial charge on any atom is -0.480 e. The third kappa shape index (κ3) is 6.36. The smallest absolute Gasteiger partial charge is 0.335 e. The number of pyridine rings is 1. The van der Waals surface area contributed by atoms with Gasteiger partial charge in [-0.25, -0.2) is 31.4 Å². The van der Waals surface area contributed by atoms with Gasteiger partial charge in [0.2, 0.25) is 0 Å². The SMILES string of the molecule is Cn1ccc(=O)n(-c2ccc(C[C@H](NC(=O)c3c(F)cc(NS(=O)(=O)c4ccncc4)cc3F)C(=O)O)cc2)c1=O. The highest BCUT2D eigenvalue weighted by atomic mass is 32.2. The summed E-state index contributed by atoms with van der Waals surface area (Å²) < 4.78 is 58.5. The number of sulfonamides is 1. The number of halogens is 2. The van der Waals surface area contributed by atoms with Crippen molar-refractivity contribution in [1.29, 1.82) is 0 Å². The highest BCUT2D eigenvalue weighted by Crippen LogP contribution is 2.22. The van der Waals surface area contributed by atoms with Crippen LogP contribution < -0.4 is 21.3 Å².